The average molecular weight is 525 g/mol. The number of carbonyl (C=O) groups is 2. The number of sulfone groups is 1. The molecular formula is C27H32N4O5S. The molecule has 0 spiro atoms. The minimum Gasteiger partial charge on any atom is -0.481 e. The van der Waals surface area contributed by atoms with Crippen molar-refractivity contribution >= 4 is 38.9 Å². The van der Waals surface area contributed by atoms with Gasteiger partial charge in [-0.15, -0.1) is 0 Å². The van der Waals surface area contributed by atoms with E-state index in [9.17, 15) is 23.1 Å². The fraction of sp³-hybridized carbons (Fsp3) is 0.444. The van der Waals surface area contributed by atoms with E-state index in [2.05, 4.69) is 15.5 Å². The van der Waals surface area contributed by atoms with Crippen LogP contribution in [0.15, 0.2) is 42.5 Å². The van der Waals surface area contributed by atoms with Crippen LogP contribution in [0.4, 0.5) is 21.9 Å². The van der Waals surface area contributed by atoms with Crippen LogP contribution in [-0.4, -0.2) is 49.6 Å². The number of amides is 2. The maximum atomic E-state index is 13.0. The van der Waals surface area contributed by atoms with Gasteiger partial charge in [0.1, 0.15) is 9.84 Å². The Morgan fingerprint density at radius 2 is 1.76 bits per heavy atom. The number of hydrogen-bond acceptors (Lipinski definition) is 6. The molecule has 1 heterocycles. The number of nitrogens with one attached hydrogen (secondary N) is 2. The normalized spacial score (nSPS) is 17.8. The van der Waals surface area contributed by atoms with Crippen molar-refractivity contribution < 1.29 is 23.1 Å². The topological polar surface area (TPSA) is 140 Å². The molecule has 1 unspecified atom stereocenters. The summed E-state index contributed by atoms with van der Waals surface area (Å²) in [6.45, 7) is 2.62. The summed E-state index contributed by atoms with van der Waals surface area (Å²) in [5, 5.41) is 24.2. The molecule has 2 aromatic carbocycles. The third-order valence-electron chi connectivity index (χ3n) is 7.17. The van der Waals surface area contributed by atoms with Gasteiger partial charge in [0.25, 0.3) is 0 Å². The van der Waals surface area contributed by atoms with Crippen LogP contribution in [0.1, 0.15) is 56.1 Å². The maximum Gasteiger partial charge on any atom is 0.323 e. The van der Waals surface area contributed by atoms with Gasteiger partial charge in [-0.3, -0.25) is 4.79 Å². The highest BCUT2D eigenvalue weighted by molar-refractivity contribution is 7.91. The average Bonchev–Trinajstić information content (AvgIpc) is 3.70. The maximum absolute atomic E-state index is 13.0. The molecule has 9 nitrogen and oxygen atoms in total. The molecule has 196 valence electrons. The fourth-order valence-electron chi connectivity index (χ4n) is 5.11. The lowest BCUT2D eigenvalue weighted by atomic mass is 9.90. The van der Waals surface area contributed by atoms with E-state index in [0.717, 1.165) is 24.1 Å². The Labute approximate surface area is 217 Å². The van der Waals surface area contributed by atoms with Gasteiger partial charge < -0.3 is 20.6 Å². The van der Waals surface area contributed by atoms with Crippen LogP contribution in [0.5, 0.6) is 0 Å². The number of benzene rings is 2. The van der Waals surface area contributed by atoms with Crippen molar-refractivity contribution in [1.82, 2.24) is 0 Å². The number of anilines is 3. The molecule has 0 aromatic heterocycles. The summed E-state index contributed by atoms with van der Waals surface area (Å²) >= 11 is 0. The van der Waals surface area contributed by atoms with Crippen molar-refractivity contribution in [1.29, 1.82) is 5.26 Å². The van der Waals surface area contributed by atoms with Crippen molar-refractivity contribution in [3.63, 3.8) is 0 Å². The molecule has 10 heteroatoms. The number of urea groups is 1. The van der Waals surface area contributed by atoms with Crippen LogP contribution in [-0.2, 0) is 14.6 Å². The van der Waals surface area contributed by atoms with Crippen molar-refractivity contribution in [2.45, 2.75) is 51.0 Å². The molecule has 2 fully saturated rings. The first-order chi connectivity index (χ1) is 17.7. The number of carbonyl (C=O) groups excluding carboxylic acids is 1. The predicted molar refractivity (Wildman–Crippen MR) is 143 cm³/mol. The van der Waals surface area contributed by atoms with E-state index in [0.29, 0.717) is 42.2 Å². The molecule has 1 atom stereocenters. The molecule has 1 aliphatic carbocycles. The molecule has 37 heavy (non-hydrogen) atoms. The third-order valence-corrected chi connectivity index (χ3v) is 8.88. The zero-order valence-electron chi connectivity index (χ0n) is 20.8. The number of carboxylic acid groups (broad SMARTS) is 1. The Morgan fingerprint density at radius 1 is 1.08 bits per heavy atom. The Balaban J connectivity index is 1.63. The molecule has 1 aliphatic heterocycles. The summed E-state index contributed by atoms with van der Waals surface area (Å²) in [5.41, 5.74) is 3.20. The monoisotopic (exact) mass is 524 g/mol. The summed E-state index contributed by atoms with van der Waals surface area (Å²) in [5.74, 6) is -0.406. The third kappa shape index (κ3) is 6.80. The van der Waals surface area contributed by atoms with Gasteiger partial charge in [-0.05, 0) is 86.4 Å². The molecule has 2 aliphatic rings. The van der Waals surface area contributed by atoms with Gasteiger partial charge in [0.05, 0.1) is 40.9 Å². The Morgan fingerprint density at radius 3 is 2.32 bits per heavy atom. The lowest BCUT2D eigenvalue weighted by molar-refractivity contribution is -0.137. The first-order valence-electron chi connectivity index (χ1n) is 12.6. The number of hydrogen-bond donors (Lipinski definition) is 3. The molecular weight excluding hydrogens is 492 g/mol. The summed E-state index contributed by atoms with van der Waals surface area (Å²) in [6, 6.07) is 13.8. The SMILES string of the molecule is CCN(c1ccc(C(CC(=O)O)C2CC2)cc1NC(=O)Nc1ccc(C#N)cc1)C1CCS(=O)(=O)CC1. The van der Waals surface area contributed by atoms with Gasteiger partial charge in [0, 0.05) is 18.3 Å². The summed E-state index contributed by atoms with van der Waals surface area (Å²) < 4.78 is 24.0. The van der Waals surface area contributed by atoms with Crippen molar-refractivity contribution in [3.05, 3.63) is 53.6 Å². The van der Waals surface area contributed by atoms with Crippen LogP contribution >= 0.6 is 0 Å². The summed E-state index contributed by atoms with van der Waals surface area (Å²) in [4.78, 5) is 26.7. The highest BCUT2D eigenvalue weighted by Crippen LogP contribution is 2.46. The van der Waals surface area contributed by atoms with Gasteiger partial charge in [0.2, 0.25) is 0 Å². The second kappa shape index (κ2) is 11.2. The number of nitriles is 1. The lowest BCUT2D eigenvalue weighted by Gasteiger charge is -2.36. The highest BCUT2D eigenvalue weighted by Gasteiger charge is 2.35. The van der Waals surface area contributed by atoms with Crippen molar-refractivity contribution in [2.75, 3.05) is 33.6 Å². The fourth-order valence-corrected chi connectivity index (χ4v) is 6.57. The van der Waals surface area contributed by atoms with E-state index in [1.807, 2.05) is 31.2 Å². The first-order valence-corrected chi connectivity index (χ1v) is 14.4. The second-order valence-corrected chi connectivity index (χ2v) is 12.1. The minimum absolute atomic E-state index is 0.0137. The largest absolute Gasteiger partial charge is 0.481 e. The zero-order chi connectivity index (χ0) is 26.6. The van der Waals surface area contributed by atoms with Gasteiger partial charge in [-0.1, -0.05) is 6.07 Å². The number of rotatable bonds is 9. The number of aliphatic carboxylic acids is 1. The predicted octanol–water partition coefficient (Wildman–Crippen LogP) is 4.57. The Bertz CT molecular complexity index is 1290. The van der Waals surface area contributed by atoms with Crippen LogP contribution in [0.2, 0.25) is 0 Å². The second-order valence-electron chi connectivity index (χ2n) is 9.76. The van der Waals surface area contributed by atoms with Gasteiger partial charge >= 0.3 is 12.0 Å². The first kappa shape index (κ1) is 26.5. The number of nitrogens with zero attached hydrogens (tertiary/aromatic N) is 2. The van der Waals surface area contributed by atoms with Crippen molar-refractivity contribution in [3.8, 4) is 6.07 Å². The van der Waals surface area contributed by atoms with Crippen molar-refractivity contribution in [2.24, 2.45) is 5.92 Å². The minimum atomic E-state index is -3.02. The van der Waals surface area contributed by atoms with Crippen LogP contribution in [0, 0.1) is 17.2 Å². The van der Waals surface area contributed by atoms with E-state index in [1.54, 1.807) is 24.3 Å². The lowest BCUT2D eigenvalue weighted by Crippen LogP contribution is -2.41. The molecule has 2 amide bonds. The van der Waals surface area contributed by atoms with E-state index in [-0.39, 0.29) is 29.9 Å². The van der Waals surface area contributed by atoms with Crippen LogP contribution in [0.3, 0.4) is 0 Å². The number of carboxylic acids is 1. The smallest absolute Gasteiger partial charge is 0.323 e. The molecule has 0 radical (unpaired) electrons. The molecule has 2 aromatic rings. The van der Waals surface area contributed by atoms with Crippen LogP contribution in [0.25, 0.3) is 0 Å². The highest BCUT2D eigenvalue weighted by atomic mass is 32.2. The molecule has 3 N–H and O–H groups in total. The van der Waals surface area contributed by atoms with E-state index in [4.69, 9.17) is 5.26 Å². The summed E-state index contributed by atoms with van der Waals surface area (Å²) in [7, 11) is -3.02. The van der Waals surface area contributed by atoms with Gasteiger partial charge in [-0.25, -0.2) is 13.2 Å². The standard InChI is InChI=1S/C27H32N4O5S/c1-2-31(22-11-13-37(35,36)14-12-22)25-10-7-20(23(16-26(32)33)19-5-6-19)15-24(25)30-27(34)29-21-8-3-18(17-28)4-9-21/h3-4,7-10,15,19,22-23H,2,5-6,11-14,16H2,1H3,(H,32,33)(H2,29,30,34). The van der Waals surface area contributed by atoms with E-state index < -0.39 is 21.8 Å². The van der Waals surface area contributed by atoms with Gasteiger partial charge in [-0.2, -0.15) is 5.26 Å². The Hall–Kier alpha value is -3.58. The van der Waals surface area contributed by atoms with Crippen LogP contribution < -0.4 is 15.5 Å². The molecule has 1 saturated carbocycles. The Kier molecular flexibility index (Phi) is 8.03. The van der Waals surface area contributed by atoms with E-state index >= 15 is 0 Å². The van der Waals surface area contributed by atoms with E-state index in [1.165, 1.54) is 0 Å². The quantitative estimate of drug-likeness (QED) is 0.436. The molecule has 0 bridgehead atoms. The van der Waals surface area contributed by atoms with Gasteiger partial charge in [0.15, 0.2) is 0 Å². The summed E-state index contributed by atoms with van der Waals surface area (Å²) in [6.07, 6.45) is 3.02. The molecule has 4 rings (SSSR count). The zero-order valence-corrected chi connectivity index (χ0v) is 21.6. The molecule has 1 saturated heterocycles.